The number of carbonyl (C=O) groups excluding carboxylic acids is 1. The molecule has 22 heavy (non-hydrogen) atoms. The molecule has 1 aromatic carbocycles. The molecule has 0 spiro atoms. The molecule has 1 aliphatic rings. The van der Waals surface area contributed by atoms with E-state index in [1.54, 1.807) is 7.11 Å². The average molecular weight is 306 g/mol. The highest BCUT2D eigenvalue weighted by molar-refractivity contribution is 5.86. The molecule has 0 saturated carbocycles. The van der Waals surface area contributed by atoms with Gasteiger partial charge in [0.15, 0.2) is 0 Å². The zero-order valence-corrected chi connectivity index (χ0v) is 13.9. The first-order chi connectivity index (χ1) is 10.4. The van der Waals surface area contributed by atoms with Crippen LogP contribution >= 0.6 is 0 Å². The molecule has 1 heterocycles. The van der Waals surface area contributed by atoms with E-state index in [0.29, 0.717) is 6.04 Å². The second-order valence-electron chi connectivity index (χ2n) is 6.65. The zero-order valence-electron chi connectivity index (χ0n) is 13.9. The monoisotopic (exact) mass is 306 g/mol. The van der Waals surface area contributed by atoms with Crippen molar-refractivity contribution >= 4 is 11.8 Å². The average Bonchev–Trinajstić information content (AvgIpc) is 2.91. The maximum absolute atomic E-state index is 12.0. The third-order valence-electron chi connectivity index (χ3n) is 3.58. The molecule has 0 bridgehead atoms. The van der Waals surface area contributed by atoms with E-state index < -0.39 is 11.7 Å². The van der Waals surface area contributed by atoms with Crippen LogP contribution in [0.15, 0.2) is 18.2 Å². The lowest BCUT2D eigenvalue weighted by Gasteiger charge is -2.21. The largest absolute Gasteiger partial charge is 0.497 e. The normalized spacial score (nSPS) is 18.1. The lowest BCUT2D eigenvalue weighted by molar-refractivity contribution is 0.0635. The number of ether oxygens (including phenoxy) is 2. The molecule has 1 atom stereocenters. The van der Waals surface area contributed by atoms with E-state index in [2.05, 4.69) is 10.6 Å². The summed E-state index contributed by atoms with van der Waals surface area (Å²) in [5, 5.41) is 6.32. The van der Waals surface area contributed by atoms with Crippen molar-refractivity contribution in [3.8, 4) is 5.75 Å². The second-order valence-corrected chi connectivity index (χ2v) is 6.65. The number of hydrogen-bond acceptors (Lipinski definition) is 4. The second kappa shape index (κ2) is 7.01. The molecular weight excluding hydrogens is 280 g/mol. The van der Waals surface area contributed by atoms with Gasteiger partial charge in [-0.05, 0) is 70.3 Å². The summed E-state index contributed by atoms with van der Waals surface area (Å²) in [5.74, 6) is 0.794. The van der Waals surface area contributed by atoms with E-state index in [-0.39, 0.29) is 0 Å². The highest BCUT2D eigenvalue weighted by Crippen LogP contribution is 2.25. The van der Waals surface area contributed by atoms with Gasteiger partial charge in [-0.3, -0.25) is 5.32 Å². The maximum Gasteiger partial charge on any atom is 0.412 e. The van der Waals surface area contributed by atoms with E-state index in [1.807, 2.05) is 39.0 Å². The Balaban J connectivity index is 2.12. The van der Waals surface area contributed by atoms with Crippen LogP contribution in [0.5, 0.6) is 5.75 Å². The predicted octanol–water partition coefficient (Wildman–Crippen LogP) is 3.34. The van der Waals surface area contributed by atoms with Crippen molar-refractivity contribution in [2.24, 2.45) is 0 Å². The minimum atomic E-state index is -0.510. The molecule has 2 N–H and O–H groups in total. The van der Waals surface area contributed by atoms with Gasteiger partial charge in [-0.2, -0.15) is 0 Å². The van der Waals surface area contributed by atoms with Gasteiger partial charge in [0.2, 0.25) is 0 Å². The maximum atomic E-state index is 12.0. The Kier molecular flexibility index (Phi) is 5.29. The minimum Gasteiger partial charge on any atom is -0.497 e. The molecule has 1 amide bonds. The molecule has 5 heteroatoms. The smallest absolute Gasteiger partial charge is 0.412 e. The van der Waals surface area contributed by atoms with E-state index in [1.165, 1.54) is 6.42 Å². The molecule has 1 aliphatic heterocycles. The van der Waals surface area contributed by atoms with E-state index in [9.17, 15) is 4.79 Å². The van der Waals surface area contributed by atoms with Crippen molar-refractivity contribution in [3.05, 3.63) is 23.8 Å². The summed E-state index contributed by atoms with van der Waals surface area (Å²) in [4.78, 5) is 12.0. The molecule has 1 saturated heterocycles. The molecule has 2 rings (SSSR count). The van der Waals surface area contributed by atoms with Gasteiger partial charge < -0.3 is 14.8 Å². The summed E-state index contributed by atoms with van der Waals surface area (Å²) in [6.07, 6.45) is 2.79. The Morgan fingerprint density at radius 2 is 2.18 bits per heavy atom. The summed E-state index contributed by atoms with van der Waals surface area (Å²) in [6.45, 7) is 6.61. The number of amides is 1. The lowest BCUT2D eigenvalue weighted by atomic mass is 10.0. The zero-order chi connectivity index (χ0) is 16.2. The van der Waals surface area contributed by atoms with Crippen molar-refractivity contribution < 1.29 is 14.3 Å². The Bertz CT molecular complexity index is 517. The molecule has 0 aliphatic carbocycles. The summed E-state index contributed by atoms with van der Waals surface area (Å²) >= 11 is 0. The van der Waals surface area contributed by atoms with Crippen LogP contribution in [-0.2, 0) is 11.2 Å². The lowest BCUT2D eigenvalue weighted by Crippen LogP contribution is -2.28. The van der Waals surface area contributed by atoms with Crippen LogP contribution in [0.2, 0.25) is 0 Å². The number of hydrogen-bond donors (Lipinski definition) is 2. The number of rotatable bonds is 4. The van der Waals surface area contributed by atoms with Gasteiger partial charge in [0.1, 0.15) is 11.4 Å². The summed E-state index contributed by atoms with van der Waals surface area (Å²) in [7, 11) is 1.65. The molecule has 122 valence electrons. The quantitative estimate of drug-likeness (QED) is 0.895. The Labute approximate surface area is 132 Å². The van der Waals surface area contributed by atoms with Crippen LogP contribution in [0.3, 0.4) is 0 Å². The van der Waals surface area contributed by atoms with Gasteiger partial charge in [0.05, 0.1) is 7.11 Å². The fourth-order valence-electron chi connectivity index (χ4n) is 2.60. The third-order valence-corrected chi connectivity index (χ3v) is 3.58. The first-order valence-corrected chi connectivity index (χ1v) is 7.78. The summed E-state index contributed by atoms with van der Waals surface area (Å²) in [6, 6.07) is 6.14. The molecule has 1 aromatic rings. The SMILES string of the molecule is COc1ccc(NC(=O)OC(C)(C)C)c(CC2CCCN2)c1. The van der Waals surface area contributed by atoms with E-state index in [4.69, 9.17) is 9.47 Å². The Hall–Kier alpha value is -1.75. The van der Waals surface area contributed by atoms with Gasteiger partial charge in [0.25, 0.3) is 0 Å². The third kappa shape index (κ3) is 4.91. The van der Waals surface area contributed by atoms with Crippen LogP contribution in [-0.4, -0.2) is 31.4 Å². The van der Waals surface area contributed by atoms with Crippen molar-refractivity contribution in [2.45, 2.75) is 51.7 Å². The fourth-order valence-corrected chi connectivity index (χ4v) is 2.60. The van der Waals surface area contributed by atoms with Gasteiger partial charge in [-0.15, -0.1) is 0 Å². The van der Waals surface area contributed by atoms with Crippen molar-refractivity contribution in [1.82, 2.24) is 5.32 Å². The van der Waals surface area contributed by atoms with Gasteiger partial charge in [-0.1, -0.05) is 0 Å². The number of benzene rings is 1. The van der Waals surface area contributed by atoms with Crippen LogP contribution in [0.4, 0.5) is 10.5 Å². The number of methoxy groups -OCH3 is 1. The highest BCUT2D eigenvalue weighted by Gasteiger charge is 2.20. The standard InChI is InChI=1S/C17H26N2O3/c1-17(2,3)22-16(20)19-15-8-7-14(21-4)11-12(15)10-13-6-5-9-18-13/h7-8,11,13,18H,5-6,9-10H2,1-4H3,(H,19,20). The Morgan fingerprint density at radius 1 is 1.41 bits per heavy atom. The number of carbonyl (C=O) groups is 1. The molecule has 1 unspecified atom stereocenters. The first kappa shape index (κ1) is 16.6. The van der Waals surface area contributed by atoms with E-state index >= 15 is 0 Å². The Morgan fingerprint density at radius 3 is 2.77 bits per heavy atom. The van der Waals surface area contributed by atoms with Crippen molar-refractivity contribution in [1.29, 1.82) is 0 Å². The first-order valence-electron chi connectivity index (χ1n) is 7.78. The molecular formula is C17H26N2O3. The van der Waals surface area contributed by atoms with Crippen LogP contribution in [0, 0.1) is 0 Å². The van der Waals surface area contributed by atoms with Crippen LogP contribution in [0.1, 0.15) is 39.2 Å². The minimum absolute atomic E-state index is 0.432. The fraction of sp³-hybridized carbons (Fsp3) is 0.588. The number of anilines is 1. The summed E-state index contributed by atoms with van der Waals surface area (Å²) in [5.41, 5.74) is 1.33. The number of nitrogens with one attached hydrogen (secondary N) is 2. The van der Waals surface area contributed by atoms with Crippen molar-refractivity contribution in [3.63, 3.8) is 0 Å². The topological polar surface area (TPSA) is 59.6 Å². The van der Waals surface area contributed by atoms with Gasteiger partial charge in [-0.25, -0.2) is 4.79 Å². The molecule has 0 radical (unpaired) electrons. The molecule has 1 fully saturated rings. The van der Waals surface area contributed by atoms with Crippen LogP contribution in [0.25, 0.3) is 0 Å². The van der Waals surface area contributed by atoms with Gasteiger partial charge in [0, 0.05) is 11.7 Å². The summed E-state index contributed by atoms with van der Waals surface area (Å²) < 4.78 is 10.6. The highest BCUT2D eigenvalue weighted by atomic mass is 16.6. The van der Waals surface area contributed by atoms with Crippen LogP contribution < -0.4 is 15.4 Å². The van der Waals surface area contributed by atoms with Crippen molar-refractivity contribution in [2.75, 3.05) is 19.0 Å². The molecule has 5 nitrogen and oxygen atoms in total. The molecule has 0 aromatic heterocycles. The predicted molar refractivity (Wildman–Crippen MR) is 87.6 cm³/mol. The van der Waals surface area contributed by atoms with Gasteiger partial charge >= 0.3 is 6.09 Å². The van der Waals surface area contributed by atoms with E-state index in [0.717, 1.165) is 36.4 Å².